The largest absolute Gasteiger partial charge is 0.387 e. The van der Waals surface area contributed by atoms with Crippen LogP contribution < -0.4 is 5.32 Å². The summed E-state index contributed by atoms with van der Waals surface area (Å²) in [5.74, 6) is 0. The molecule has 3 nitrogen and oxygen atoms in total. The third-order valence-corrected chi connectivity index (χ3v) is 3.51. The first-order chi connectivity index (χ1) is 8.16. The van der Waals surface area contributed by atoms with Gasteiger partial charge in [0.15, 0.2) is 0 Å². The zero-order chi connectivity index (χ0) is 12.0. The van der Waals surface area contributed by atoms with Gasteiger partial charge in [0.2, 0.25) is 0 Å². The summed E-state index contributed by atoms with van der Waals surface area (Å²) in [6.07, 6.45) is 2.54. The van der Waals surface area contributed by atoms with E-state index in [4.69, 9.17) is 0 Å². The maximum Gasteiger partial charge on any atom is 0.0952 e. The molecule has 1 heterocycles. The van der Waals surface area contributed by atoms with Gasteiger partial charge in [0.25, 0.3) is 0 Å². The lowest BCUT2D eigenvalue weighted by Gasteiger charge is -2.30. The lowest BCUT2D eigenvalue weighted by atomic mass is 9.86. The van der Waals surface area contributed by atoms with Crippen molar-refractivity contribution in [1.82, 2.24) is 10.3 Å². The molecule has 90 valence electrons. The van der Waals surface area contributed by atoms with Crippen molar-refractivity contribution < 1.29 is 5.11 Å². The van der Waals surface area contributed by atoms with Crippen LogP contribution in [-0.2, 0) is 6.42 Å². The van der Waals surface area contributed by atoms with Crippen LogP contribution in [0.15, 0.2) is 24.4 Å². The van der Waals surface area contributed by atoms with Crippen molar-refractivity contribution in [3.63, 3.8) is 0 Å². The van der Waals surface area contributed by atoms with Gasteiger partial charge in [0.05, 0.1) is 6.10 Å². The Morgan fingerprint density at radius 2 is 2.24 bits per heavy atom. The topological polar surface area (TPSA) is 48.0 Å². The van der Waals surface area contributed by atoms with Crippen LogP contribution in [0.4, 0.5) is 0 Å². The molecule has 2 unspecified atom stereocenters. The molecule has 0 aliphatic heterocycles. The molecule has 2 aromatic rings. The first-order valence-corrected chi connectivity index (χ1v) is 6.20. The van der Waals surface area contributed by atoms with Crippen molar-refractivity contribution in [3.05, 3.63) is 35.5 Å². The lowest BCUT2D eigenvalue weighted by Crippen LogP contribution is -2.42. The van der Waals surface area contributed by atoms with E-state index in [1.807, 2.05) is 12.1 Å². The molecule has 0 saturated carbocycles. The Morgan fingerprint density at radius 3 is 3.00 bits per heavy atom. The monoisotopic (exact) mass is 230 g/mol. The highest BCUT2D eigenvalue weighted by Crippen LogP contribution is 2.35. The molecule has 0 fully saturated rings. The van der Waals surface area contributed by atoms with Gasteiger partial charge >= 0.3 is 0 Å². The number of aromatic nitrogens is 1. The predicted octanol–water partition coefficient (Wildman–Crippen LogP) is 2.12. The summed E-state index contributed by atoms with van der Waals surface area (Å²) in [7, 11) is 0. The number of nitrogens with one attached hydrogen (secondary N) is 2. The molecular formula is C14H18N2O. The smallest absolute Gasteiger partial charge is 0.0952 e. The summed E-state index contributed by atoms with van der Waals surface area (Å²) in [5, 5.41) is 15.1. The van der Waals surface area contributed by atoms with E-state index in [9.17, 15) is 5.11 Å². The Morgan fingerprint density at radius 1 is 1.41 bits per heavy atom. The average molecular weight is 230 g/mol. The summed E-state index contributed by atoms with van der Waals surface area (Å²) in [6.45, 7) is 4.22. The SMILES string of the molecule is CC(C)NC1Cc2c[nH]c3cccc(c23)C1O. The maximum atomic E-state index is 10.4. The number of hydrogen-bond acceptors (Lipinski definition) is 2. The van der Waals surface area contributed by atoms with Gasteiger partial charge in [-0.1, -0.05) is 26.0 Å². The van der Waals surface area contributed by atoms with Crippen LogP contribution in [0.1, 0.15) is 31.1 Å². The van der Waals surface area contributed by atoms with E-state index in [0.717, 1.165) is 17.5 Å². The zero-order valence-corrected chi connectivity index (χ0v) is 10.2. The molecule has 0 bridgehead atoms. The van der Waals surface area contributed by atoms with Crippen LogP contribution in [0.25, 0.3) is 10.9 Å². The average Bonchev–Trinajstić information content (AvgIpc) is 2.69. The number of aliphatic hydroxyl groups excluding tert-OH is 1. The van der Waals surface area contributed by atoms with E-state index in [-0.39, 0.29) is 6.04 Å². The minimum Gasteiger partial charge on any atom is -0.387 e. The minimum absolute atomic E-state index is 0.115. The van der Waals surface area contributed by atoms with E-state index in [1.54, 1.807) is 0 Å². The molecule has 1 aliphatic carbocycles. The summed E-state index contributed by atoms with van der Waals surface area (Å²) >= 11 is 0. The number of aliphatic hydroxyl groups is 1. The van der Waals surface area contributed by atoms with Crippen molar-refractivity contribution in [3.8, 4) is 0 Å². The van der Waals surface area contributed by atoms with E-state index in [2.05, 4.69) is 36.4 Å². The summed E-state index contributed by atoms with van der Waals surface area (Å²) in [6, 6.07) is 6.58. The van der Waals surface area contributed by atoms with Crippen molar-refractivity contribution in [2.45, 2.75) is 38.5 Å². The van der Waals surface area contributed by atoms with Gasteiger partial charge < -0.3 is 15.4 Å². The Labute approximate surface area is 101 Å². The molecule has 3 rings (SSSR count). The van der Waals surface area contributed by atoms with E-state index < -0.39 is 6.10 Å². The van der Waals surface area contributed by atoms with Crippen molar-refractivity contribution >= 4 is 10.9 Å². The second-order valence-electron chi connectivity index (χ2n) is 5.16. The second kappa shape index (κ2) is 3.86. The third-order valence-electron chi connectivity index (χ3n) is 3.51. The van der Waals surface area contributed by atoms with Gasteiger partial charge in [-0.2, -0.15) is 0 Å². The number of benzene rings is 1. The summed E-state index contributed by atoms with van der Waals surface area (Å²) < 4.78 is 0. The van der Waals surface area contributed by atoms with E-state index >= 15 is 0 Å². The molecule has 2 atom stereocenters. The van der Waals surface area contributed by atoms with Crippen molar-refractivity contribution in [1.29, 1.82) is 0 Å². The number of hydrogen-bond donors (Lipinski definition) is 3. The molecule has 1 aromatic heterocycles. The van der Waals surface area contributed by atoms with Crippen molar-refractivity contribution in [2.24, 2.45) is 0 Å². The van der Waals surface area contributed by atoms with Gasteiger partial charge in [-0.25, -0.2) is 0 Å². The predicted molar refractivity (Wildman–Crippen MR) is 69.0 cm³/mol. The lowest BCUT2D eigenvalue weighted by molar-refractivity contribution is 0.122. The van der Waals surface area contributed by atoms with Crippen LogP contribution in [0, 0.1) is 0 Å². The molecule has 0 amide bonds. The van der Waals surface area contributed by atoms with Crippen LogP contribution in [0.3, 0.4) is 0 Å². The van der Waals surface area contributed by atoms with Crippen LogP contribution in [0.2, 0.25) is 0 Å². The molecular weight excluding hydrogens is 212 g/mol. The minimum atomic E-state index is -0.413. The zero-order valence-electron chi connectivity index (χ0n) is 10.2. The fourth-order valence-electron chi connectivity index (χ4n) is 2.84. The van der Waals surface area contributed by atoms with Gasteiger partial charge in [-0.15, -0.1) is 0 Å². The van der Waals surface area contributed by atoms with Gasteiger partial charge in [0, 0.05) is 29.2 Å². The Bertz CT molecular complexity index is 544. The quantitative estimate of drug-likeness (QED) is 0.740. The molecule has 0 spiro atoms. The highest BCUT2D eigenvalue weighted by molar-refractivity contribution is 5.88. The summed E-state index contributed by atoms with van der Waals surface area (Å²) in [5.41, 5.74) is 3.47. The normalized spacial score (nSPS) is 23.5. The highest BCUT2D eigenvalue weighted by atomic mass is 16.3. The molecule has 0 saturated heterocycles. The van der Waals surface area contributed by atoms with Gasteiger partial charge in [-0.05, 0) is 23.6 Å². The molecule has 3 heteroatoms. The van der Waals surface area contributed by atoms with Crippen molar-refractivity contribution in [2.75, 3.05) is 0 Å². The Hall–Kier alpha value is -1.32. The molecule has 0 radical (unpaired) electrons. The molecule has 1 aliphatic rings. The van der Waals surface area contributed by atoms with Crippen LogP contribution >= 0.6 is 0 Å². The maximum absolute atomic E-state index is 10.4. The number of rotatable bonds is 2. The fourth-order valence-corrected chi connectivity index (χ4v) is 2.84. The highest BCUT2D eigenvalue weighted by Gasteiger charge is 2.29. The molecule has 3 N–H and O–H groups in total. The van der Waals surface area contributed by atoms with Crippen LogP contribution in [-0.4, -0.2) is 22.2 Å². The fraction of sp³-hybridized carbons (Fsp3) is 0.429. The third kappa shape index (κ3) is 1.66. The number of H-pyrrole nitrogens is 1. The Kier molecular flexibility index (Phi) is 2.45. The number of aromatic amines is 1. The second-order valence-corrected chi connectivity index (χ2v) is 5.16. The molecule has 1 aromatic carbocycles. The van der Waals surface area contributed by atoms with E-state index in [1.165, 1.54) is 10.9 Å². The Balaban J connectivity index is 2.07. The summed E-state index contributed by atoms with van der Waals surface area (Å²) in [4.78, 5) is 3.28. The van der Waals surface area contributed by atoms with Crippen LogP contribution in [0.5, 0.6) is 0 Å². The van der Waals surface area contributed by atoms with E-state index in [0.29, 0.717) is 6.04 Å². The first kappa shape index (κ1) is 10.8. The van der Waals surface area contributed by atoms with Gasteiger partial charge in [-0.3, -0.25) is 0 Å². The van der Waals surface area contributed by atoms with Gasteiger partial charge in [0.1, 0.15) is 0 Å². The molecule has 17 heavy (non-hydrogen) atoms. The first-order valence-electron chi connectivity index (χ1n) is 6.20. The standard InChI is InChI=1S/C14H18N2O/c1-8(2)16-12-6-9-7-15-11-5-3-4-10(13(9)11)14(12)17/h3-5,7-8,12,14-17H,6H2,1-2H3.